The van der Waals surface area contributed by atoms with Gasteiger partial charge in [-0.05, 0) is 20.8 Å². The minimum Gasteiger partial charge on any atom is -0.444 e. The maximum absolute atomic E-state index is 11.8. The number of benzene rings is 1. The van der Waals surface area contributed by atoms with E-state index in [1.807, 2.05) is 35.7 Å². The smallest absolute Gasteiger partial charge is 0.407 e. The lowest BCUT2D eigenvalue weighted by Crippen LogP contribution is -2.39. The molecule has 2 unspecified atom stereocenters. The van der Waals surface area contributed by atoms with Crippen molar-refractivity contribution < 1.29 is 19.7 Å². The monoisotopic (exact) mass is 389 g/mol. The minimum atomic E-state index is -1.24. The molecule has 1 aromatic carbocycles. The van der Waals surface area contributed by atoms with Gasteiger partial charge in [-0.15, -0.1) is 11.3 Å². The van der Waals surface area contributed by atoms with Crippen molar-refractivity contribution in [3.63, 3.8) is 0 Å². The molecule has 0 bridgehead atoms. The molecule has 3 rings (SSSR count). The fourth-order valence-corrected chi connectivity index (χ4v) is 3.41. The van der Waals surface area contributed by atoms with E-state index in [0.29, 0.717) is 11.4 Å². The lowest BCUT2D eigenvalue weighted by molar-refractivity contribution is 0.0108. The Labute approximate surface area is 161 Å². The number of carbonyl (C=O) groups is 1. The van der Waals surface area contributed by atoms with Crippen molar-refractivity contribution in [2.75, 3.05) is 6.54 Å². The van der Waals surface area contributed by atoms with Crippen molar-refractivity contribution in [2.24, 2.45) is 0 Å². The molecule has 0 saturated carbocycles. The van der Waals surface area contributed by atoms with Crippen LogP contribution < -0.4 is 5.32 Å². The lowest BCUT2D eigenvalue weighted by Gasteiger charge is -2.22. The SMILES string of the molecule is CC(C)(C)OC(=O)NCC(O)C(O)c1c(-c2ccccc2)nc2sccn12. The number of ether oxygens (including phenoxy) is 1. The number of hydrogen-bond donors (Lipinski definition) is 3. The van der Waals surface area contributed by atoms with E-state index in [1.54, 1.807) is 31.4 Å². The van der Waals surface area contributed by atoms with Crippen LogP contribution in [0.3, 0.4) is 0 Å². The second-order valence-corrected chi connectivity index (χ2v) is 8.04. The molecule has 0 saturated heterocycles. The second-order valence-electron chi connectivity index (χ2n) is 7.16. The van der Waals surface area contributed by atoms with Crippen LogP contribution in [-0.4, -0.2) is 43.9 Å². The molecule has 0 spiro atoms. The van der Waals surface area contributed by atoms with Gasteiger partial charge in [0.05, 0.1) is 11.4 Å². The molecule has 0 radical (unpaired) electrons. The third kappa shape index (κ3) is 4.47. The first-order valence-corrected chi connectivity index (χ1v) is 9.48. The maximum atomic E-state index is 11.8. The van der Waals surface area contributed by atoms with Gasteiger partial charge < -0.3 is 20.3 Å². The number of hydrogen-bond acceptors (Lipinski definition) is 6. The number of nitrogens with one attached hydrogen (secondary N) is 1. The van der Waals surface area contributed by atoms with E-state index in [9.17, 15) is 15.0 Å². The summed E-state index contributed by atoms with van der Waals surface area (Å²) in [5, 5.41) is 25.6. The number of rotatable bonds is 5. The van der Waals surface area contributed by atoms with Crippen molar-refractivity contribution in [2.45, 2.75) is 38.6 Å². The molecule has 3 N–H and O–H groups in total. The Hall–Kier alpha value is -2.42. The number of aliphatic hydroxyl groups excluding tert-OH is 2. The molecule has 144 valence electrons. The highest BCUT2D eigenvalue weighted by molar-refractivity contribution is 7.15. The number of aliphatic hydroxyl groups is 2. The summed E-state index contributed by atoms with van der Waals surface area (Å²) in [7, 11) is 0. The third-order valence-corrected chi connectivity index (χ3v) is 4.60. The molecule has 0 aliphatic rings. The Bertz CT molecular complexity index is 914. The molecule has 2 aromatic heterocycles. The fraction of sp³-hybridized carbons (Fsp3) is 0.368. The Morgan fingerprint density at radius 1 is 1.30 bits per heavy atom. The highest BCUT2D eigenvalue weighted by Crippen LogP contribution is 2.32. The van der Waals surface area contributed by atoms with Crippen LogP contribution in [0, 0.1) is 0 Å². The minimum absolute atomic E-state index is 0.151. The molecular weight excluding hydrogens is 366 g/mol. The van der Waals surface area contributed by atoms with Gasteiger partial charge in [0.25, 0.3) is 0 Å². The van der Waals surface area contributed by atoms with Crippen LogP contribution in [0.1, 0.15) is 32.6 Å². The average molecular weight is 389 g/mol. The van der Waals surface area contributed by atoms with E-state index in [4.69, 9.17) is 4.74 Å². The zero-order valence-corrected chi connectivity index (χ0v) is 16.2. The Morgan fingerprint density at radius 2 is 2.00 bits per heavy atom. The quantitative estimate of drug-likeness (QED) is 0.623. The van der Waals surface area contributed by atoms with Gasteiger partial charge in [0.1, 0.15) is 17.8 Å². The van der Waals surface area contributed by atoms with Crippen LogP contribution in [0.2, 0.25) is 0 Å². The highest BCUT2D eigenvalue weighted by atomic mass is 32.1. The summed E-state index contributed by atoms with van der Waals surface area (Å²) in [6.07, 6.45) is -1.31. The summed E-state index contributed by atoms with van der Waals surface area (Å²) in [5.74, 6) is 0. The van der Waals surface area contributed by atoms with Gasteiger partial charge in [0.2, 0.25) is 0 Å². The van der Waals surface area contributed by atoms with Crippen molar-refractivity contribution in [1.29, 1.82) is 0 Å². The van der Waals surface area contributed by atoms with Crippen LogP contribution >= 0.6 is 11.3 Å². The van der Waals surface area contributed by atoms with Crippen LogP contribution in [0.5, 0.6) is 0 Å². The fourth-order valence-electron chi connectivity index (χ4n) is 2.69. The largest absolute Gasteiger partial charge is 0.444 e. The summed E-state index contributed by atoms with van der Waals surface area (Å²) in [6.45, 7) is 5.11. The van der Waals surface area contributed by atoms with E-state index in [2.05, 4.69) is 10.3 Å². The van der Waals surface area contributed by atoms with E-state index in [-0.39, 0.29) is 6.54 Å². The van der Waals surface area contributed by atoms with E-state index < -0.39 is 23.9 Å². The summed E-state index contributed by atoms with van der Waals surface area (Å²) < 4.78 is 6.91. The topological polar surface area (TPSA) is 96.1 Å². The lowest BCUT2D eigenvalue weighted by atomic mass is 10.0. The van der Waals surface area contributed by atoms with Crippen LogP contribution in [0.4, 0.5) is 4.79 Å². The van der Waals surface area contributed by atoms with Gasteiger partial charge in [-0.3, -0.25) is 4.40 Å². The molecule has 2 heterocycles. The van der Waals surface area contributed by atoms with Crippen molar-refractivity contribution in [3.8, 4) is 11.3 Å². The van der Waals surface area contributed by atoms with E-state index >= 15 is 0 Å². The molecule has 8 heteroatoms. The zero-order valence-electron chi connectivity index (χ0n) is 15.4. The van der Waals surface area contributed by atoms with Gasteiger partial charge in [-0.25, -0.2) is 9.78 Å². The van der Waals surface area contributed by atoms with Crippen LogP contribution in [0.15, 0.2) is 41.9 Å². The number of thiazole rings is 1. The third-order valence-electron chi connectivity index (χ3n) is 3.85. The van der Waals surface area contributed by atoms with Crippen molar-refractivity contribution in [1.82, 2.24) is 14.7 Å². The molecule has 0 aliphatic heterocycles. The van der Waals surface area contributed by atoms with Gasteiger partial charge in [0, 0.05) is 23.7 Å². The van der Waals surface area contributed by atoms with Gasteiger partial charge in [-0.2, -0.15) is 0 Å². The second kappa shape index (κ2) is 7.67. The Kier molecular flexibility index (Phi) is 5.50. The number of imidazole rings is 1. The molecular formula is C19H23N3O4S. The number of amides is 1. The molecule has 0 fully saturated rings. The van der Waals surface area contributed by atoms with Gasteiger partial charge in [0.15, 0.2) is 4.96 Å². The number of alkyl carbamates (subject to hydrolysis) is 1. The molecule has 7 nitrogen and oxygen atoms in total. The van der Waals surface area contributed by atoms with E-state index in [0.717, 1.165) is 10.5 Å². The number of fused-ring (bicyclic) bond motifs is 1. The molecule has 27 heavy (non-hydrogen) atoms. The standard InChI is InChI=1S/C19H23N3O4S/c1-19(2,3)26-18(25)20-11-13(23)16(24)15-14(12-7-5-4-6-8-12)21-17-22(15)9-10-27-17/h4-10,13,16,23-24H,11H2,1-3H3,(H,20,25). The first-order valence-electron chi connectivity index (χ1n) is 8.60. The molecule has 3 aromatic rings. The van der Waals surface area contributed by atoms with Crippen LogP contribution in [-0.2, 0) is 4.74 Å². The first-order chi connectivity index (χ1) is 12.8. The zero-order chi connectivity index (χ0) is 19.6. The van der Waals surface area contributed by atoms with Gasteiger partial charge >= 0.3 is 6.09 Å². The first kappa shape index (κ1) is 19.3. The maximum Gasteiger partial charge on any atom is 0.407 e. The van der Waals surface area contributed by atoms with E-state index in [1.165, 1.54) is 11.3 Å². The van der Waals surface area contributed by atoms with Crippen molar-refractivity contribution in [3.05, 3.63) is 47.6 Å². The summed E-state index contributed by atoms with van der Waals surface area (Å²) in [6, 6.07) is 9.47. The predicted octanol–water partition coefficient (Wildman–Crippen LogP) is 2.98. The summed E-state index contributed by atoms with van der Waals surface area (Å²) in [5.41, 5.74) is 1.29. The van der Waals surface area contributed by atoms with Crippen LogP contribution in [0.25, 0.3) is 16.2 Å². The predicted molar refractivity (Wildman–Crippen MR) is 104 cm³/mol. The number of carbonyl (C=O) groups excluding carboxylic acids is 1. The van der Waals surface area contributed by atoms with Gasteiger partial charge in [-0.1, -0.05) is 30.3 Å². The van der Waals surface area contributed by atoms with Crippen molar-refractivity contribution >= 4 is 22.4 Å². The summed E-state index contributed by atoms with van der Waals surface area (Å²) in [4.78, 5) is 17.1. The molecule has 0 aliphatic carbocycles. The number of aromatic nitrogens is 2. The Morgan fingerprint density at radius 3 is 2.67 bits per heavy atom. The normalized spacial score (nSPS) is 14.1. The average Bonchev–Trinajstić information content (AvgIpc) is 3.19. The highest BCUT2D eigenvalue weighted by Gasteiger charge is 2.28. The molecule has 1 amide bonds. The summed E-state index contributed by atoms with van der Waals surface area (Å²) >= 11 is 1.44. The molecule has 2 atom stereocenters. The Balaban J connectivity index is 1.81. The number of nitrogens with zero attached hydrogens (tertiary/aromatic N) is 2.